The summed E-state index contributed by atoms with van der Waals surface area (Å²) in [6.07, 6.45) is 38.3. The second-order valence-corrected chi connectivity index (χ2v) is 19.5. The molecule has 1 heterocycles. The third-order valence-corrected chi connectivity index (χ3v) is 16.0. The molecule has 6 aliphatic carbocycles. The molecule has 0 aromatic rings. The molecule has 1 aliphatic heterocycles. The van der Waals surface area contributed by atoms with Crippen LogP contribution in [0.15, 0.2) is 0 Å². The lowest BCUT2D eigenvalue weighted by atomic mass is 9.68. The predicted molar refractivity (Wildman–Crippen MR) is 210 cm³/mol. The van der Waals surface area contributed by atoms with Crippen molar-refractivity contribution in [2.24, 2.45) is 53.3 Å². The van der Waals surface area contributed by atoms with Crippen LogP contribution in [0.2, 0.25) is 0 Å². The Bertz CT molecular complexity index is 941. The quantitative estimate of drug-likeness (QED) is 0.211. The molecule has 1 saturated heterocycles. The largest absolute Gasteiger partial charge is 0.370 e. The Labute approximate surface area is 314 Å². The van der Waals surface area contributed by atoms with Gasteiger partial charge in [0, 0.05) is 12.8 Å². The van der Waals surface area contributed by atoms with Crippen molar-refractivity contribution in [2.45, 2.75) is 225 Å². The highest BCUT2D eigenvalue weighted by molar-refractivity contribution is 5.79. The number of alkyl halides is 2. The summed E-state index contributed by atoms with van der Waals surface area (Å²) in [5.74, 6) is 9.00. The number of Topliss-reactive ketones (excluding diaryl/α,β-unsaturated/α-hetero) is 1. The Morgan fingerprint density at radius 3 is 1.14 bits per heavy atom. The van der Waals surface area contributed by atoms with Crippen molar-refractivity contribution >= 4 is 5.78 Å². The van der Waals surface area contributed by atoms with Gasteiger partial charge in [-0.3, -0.25) is 4.79 Å². The molecule has 0 aromatic carbocycles. The molecule has 0 amide bonds. The minimum atomic E-state index is -1.48. The molecule has 7 aliphatic rings. The van der Waals surface area contributed by atoms with Crippen LogP contribution in [0.3, 0.4) is 0 Å². The van der Waals surface area contributed by atoms with Crippen LogP contribution in [0.4, 0.5) is 8.78 Å². The molecule has 0 radical (unpaired) electrons. The molecule has 6 saturated carbocycles. The average molecular weight is 717 g/mol. The highest BCUT2D eigenvalue weighted by Gasteiger charge is 2.48. The summed E-state index contributed by atoms with van der Waals surface area (Å²) in [5, 5.41) is 0. The van der Waals surface area contributed by atoms with Gasteiger partial charge in [0.25, 0.3) is 0 Å². The van der Waals surface area contributed by atoms with Crippen LogP contribution >= 0.6 is 0 Å². The summed E-state index contributed by atoms with van der Waals surface area (Å²) in [7, 11) is 0. The van der Waals surface area contributed by atoms with Gasteiger partial charge in [0.15, 0.2) is 0 Å². The summed E-state index contributed by atoms with van der Waals surface area (Å²) in [6, 6.07) is 0. The van der Waals surface area contributed by atoms with Crippen molar-refractivity contribution in [3.05, 3.63) is 0 Å². The van der Waals surface area contributed by atoms with Crippen LogP contribution in [0.1, 0.15) is 213 Å². The maximum Gasteiger partial charge on any atom is 0.139 e. The zero-order valence-corrected chi connectivity index (χ0v) is 33.9. The number of hydrogen-bond donors (Lipinski definition) is 0. The number of ether oxygens (including phenoxy) is 1. The summed E-state index contributed by atoms with van der Waals surface area (Å²) in [5.41, 5.74) is -1.08. The van der Waals surface area contributed by atoms with Crippen molar-refractivity contribution in [3.63, 3.8) is 0 Å². The number of ketones is 1. The molecule has 0 unspecified atom stereocenters. The number of rotatable bonds is 10. The van der Waals surface area contributed by atoms with E-state index in [0.717, 1.165) is 79.6 Å². The average Bonchev–Trinajstić information content (AvgIpc) is 3.93. The Balaban J connectivity index is 0.000000149. The zero-order valence-electron chi connectivity index (χ0n) is 33.9. The third-order valence-electron chi connectivity index (χ3n) is 16.0. The Kier molecular flexibility index (Phi) is 17.1. The van der Waals surface area contributed by atoms with E-state index < -0.39 is 12.3 Å². The Morgan fingerprint density at radius 2 is 0.824 bits per heavy atom. The minimum absolute atomic E-state index is 0.399. The van der Waals surface area contributed by atoms with E-state index in [1.807, 2.05) is 0 Å². The fourth-order valence-corrected chi connectivity index (χ4v) is 12.3. The van der Waals surface area contributed by atoms with Gasteiger partial charge in [-0.1, -0.05) is 97.8 Å². The van der Waals surface area contributed by atoms with Gasteiger partial charge >= 0.3 is 0 Å². The fourth-order valence-electron chi connectivity index (χ4n) is 12.3. The lowest BCUT2D eigenvalue weighted by Gasteiger charge is -2.39. The van der Waals surface area contributed by atoms with E-state index in [-0.39, 0.29) is 0 Å². The van der Waals surface area contributed by atoms with Crippen LogP contribution in [0.25, 0.3) is 0 Å². The SMILES string of the molecule is CCCC1CCC(C2CCC(=O)CC2)CC1.CCCC1CCC(C2CCC(F)(CF)CC2)CC1.CCCC1CCC(C2CCC3(CC2)CO3)CC1. The topological polar surface area (TPSA) is 29.6 Å². The summed E-state index contributed by atoms with van der Waals surface area (Å²) in [6.45, 7) is 7.21. The molecule has 0 atom stereocenters. The number of carbonyl (C=O) groups is 1. The summed E-state index contributed by atoms with van der Waals surface area (Å²) in [4.78, 5) is 11.2. The van der Waals surface area contributed by atoms with Gasteiger partial charge in [-0.05, 0) is 156 Å². The van der Waals surface area contributed by atoms with Gasteiger partial charge in [-0.15, -0.1) is 0 Å². The first-order valence-electron chi connectivity index (χ1n) is 23.2. The van der Waals surface area contributed by atoms with Crippen molar-refractivity contribution in [2.75, 3.05) is 13.3 Å². The zero-order chi connectivity index (χ0) is 36.1. The Morgan fingerprint density at radius 1 is 0.510 bits per heavy atom. The molecule has 7 fully saturated rings. The van der Waals surface area contributed by atoms with Gasteiger partial charge in [-0.25, -0.2) is 8.78 Å². The van der Waals surface area contributed by atoms with Gasteiger partial charge < -0.3 is 4.74 Å². The van der Waals surface area contributed by atoms with Crippen LogP contribution in [0.5, 0.6) is 0 Å². The molecular weight excluding hydrogens is 635 g/mol. The number of hydrogen-bond acceptors (Lipinski definition) is 2. The molecule has 51 heavy (non-hydrogen) atoms. The van der Waals surface area contributed by atoms with E-state index in [0.29, 0.717) is 30.1 Å². The lowest BCUT2D eigenvalue weighted by Crippen LogP contribution is -2.34. The van der Waals surface area contributed by atoms with E-state index in [1.165, 1.54) is 154 Å². The fraction of sp³-hybridized carbons (Fsp3) is 0.979. The van der Waals surface area contributed by atoms with E-state index in [1.54, 1.807) is 0 Å². The molecule has 0 aromatic heterocycles. The maximum atomic E-state index is 13.8. The molecule has 7 rings (SSSR count). The first-order valence-corrected chi connectivity index (χ1v) is 23.2. The van der Waals surface area contributed by atoms with Gasteiger partial charge in [-0.2, -0.15) is 0 Å². The molecule has 1 spiro atoms. The van der Waals surface area contributed by atoms with Gasteiger partial charge in [0.05, 0.1) is 12.2 Å². The molecular formula is C47H82F2O2. The van der Waals surface area contributed by atoms with Crippen molar-refractivity contribution < 1.29 is 18.3 Å². The van der Waals surface area contributed by atoms with Crippen molar-refractivity contribution in [1.82, 2.24) is 0 Å². The first-order chi connectivity index (χ1) is 24.8. The number of carbonyl (C=O) groups excluding carboxylic acids is 1. The second kappa shape index (κ2) is 21.0. The van der Waals surface area contributed by atoms with Crippen LogP contribution < -0.4 is 0 Å². The summed E-state index contributed by atoms with van der Waals surface area (Å²) >= 11 is 0. The van der Waals surface area contributed by atoms with Crippen molar-refractivity contribution in [1.29, 1.82) is 0 Å². The second-order valence-electron chi connectivity index (χ2n) is 19.5. The van der Waals surface area contributed by atoms with E-state index in [2.05, 4.69) is 20.8 Å². The summed E-state index contributed by atoms with van der Waals surface area (Å²) < 4.78 is 32.0. The smallest absolute Gasteiger partial charge is 0.139 e. The first kappa shape index (κ1) is 41.6. The van der Waals surface area contributed by atoms with Crippen LogP contribution in [-0.2, 0) is 9.53 Å². The van der Waals surface area contributed by atoms with Gasteiger partial charge in [0.1, 0.15) is 18.1 Å². The molecule has 4 heteroatoms. The molecule has 2 nitrogen and oxygen atoms in total. The maximum absolute atomic E-state index is 13.8. The molecule has 296 valence electrons. The lowest BCUT2D eigenvalue weighted by molar-refractivity contribution is -0.121. The third kappa shape index (κ3) is 13.0. The van der Waals surface area contributed by atoms with Gasteiger partial charge in [0.2, 0.25) is 0 Å². The molecule has 0 bridgehead atoms. The van der Waals surface area contributed by atoms with E-state index in [9.17, 15) is 13.6 Å². The minimum Gasteiger partial charge on any atom is -0.370 e. The normalized spacial score (nSPS) is 40.5. The predicted octanol–water partition coefficient (Wildman–Crippen LogP) is 14.4. The van der Waals surface area contributed by atoms with E-state index >= 15 is 0 Å². The van der Waals surface area contributed by atoms with Crippen LogP contribution in [0, 0.1) is 53.3 Å². The highest BCUT2D eigenvalue weighted by Crippen LogP contribution is 2.49. The highest BCUT2D eigenvalue weighted by atomic mass is 19.2. The standard InChI is InChI=1S/C16H28F2.C16H28O.C15H26O/c1-2-3-13-4-6-14(7-5-13)15-8-10-16(18,12-17)11-9-15;1-2-3-13-4-6-14(7-5-13)15-8-10-16(11-9-15)12-17-16;1-2-3-12-4-6-13(7-5-12)14-8-10-15(16)11-9-14/h13-15H,2-12H2,1H3;13-15H,2-12H2,1H3;12-14H,2-11H2,1H3. The van der Waals surface area contributed by atoms with E-state index in [4.69, 9.17) is 4.74 Å². The molecule has 0 N–H and O–H groups in total. The number of epoxide rings is 1. The number of halogens is 2. The monoisotopic (exact) mass is 717 g/mol. The Hall–Kier alpha value is -0.510. The van der Waals surface area contributed by atoms with Crippen LogP contribution in [-0.4, -0.2) is 30.3 Å². The van der Waals surface area contributed by atoms with Crippen molar-refractivity contribution in [3.8, 4) is 0 Å².